The van der Waals surface area contributed by atoms with E-state index < -0.39 is 5.54 Å². The molecule has 1 aliphatic carbocycles. The second-order valence-corrected chi connectivity index (χ2v) is 10.3. The van der Waals surface area contributed by atoms with E-state index >= 15 is 0 Å². The Labute approximate surface area is 213 Å². The van der Waals surface area contributed by atoms with Crippen molar-refractivity contribution in [2.24, 2.45) is 24.6 Å². The fourth-order valence-corrected chi connectivity index (χ4v) is 4.94. The summed E-state index contributed by atoms with van der Waals surface area (Å²) in [6.07, 6.45) is 2.99. The van der Waals surface area contributed by atoms with Crippen molar-refractivity contribution in [3.05, 3.63) is 72.0 Å². The Hall–Kier alpha value is -4.05. The number of aryl methyl sites for hydroxylation is 1. The van der Waals surface area contributed by atoms with Crippen LogP contribution in [0, 0.1) is 17.7 Å². The van der Waals surface area contributed by atoms with E-state index in [-0.39, 0.29) is 29.7 Å². The third-order valence-corrected chi connectivity index (χ3v) is 7.10. The van der Waals surface area contributed by atoms with E-state index in [0.29, 0.717) is 41.9 Å². The monoisotopic (exact) mass is 502 g/mol. The Morgan fingerprint density at radius 3 is 2.51 bits per heavy atom. The van der Waals surface area contributed by atoms with Gasteiger partial charge in [0.1, 0.15) is 29.6 Å². The smallest absolute Gasteiger partial charge is 0.272 e. The number of carbonyl (C=O) groups excluding carboxylic acids is 1. The number of hydrogen-bond acceptors (Lipinski definition) is 7. The largest absolute Gasteiger partial charge is 0.474 e. The molecule has 4 aromatic rings. The van der Waals surface area contributed by atoms with E-state index in [2.05, 4.69) is 15.1 Å². The number of oxazole rings is 1. The van der Waals surface area contributed by atoms with Gasteiger partial charge in [-0.25, -0.2) is 14.4 Å². The van der Waals surface area contributed by atoms with Crippen LogP contribution < -0.4 is 10.5 Å². The Bertz CT molecular complexity index is 1450. The molecule has 2 N–H and O–H groups in total. The number of amides is 1. The van der Waals surface area contributed by atoms with Gasteiger partial charge in [-0.3, -0.25) is 9.48 Å². The molecule has 190 valence electrons. The Morgan fingerprint density at radius 2 is 1.86 bits per heavy atom. The van der Waals surface area contributed by atoms with Gasteiger partial charge in [0, 0.05) is 55.2 Å². The van der Waals surface area contributed by atoms with E-state index in [9.17, 15) is 9.18 Å². The number of carbonyl (C=O) groups is 1. The Morgan fingerprint density at radius 1 is 1.14 bits per heavy atom. The van der Waals surface area contributed by atoms with Crippen LogP contribution in [0.2, 0.25) is 0 Å². The second-order valence-electron chi connectivity index (χ2n) is 10.3. The van der Waals surface area contributed by atoms with Crippen LogP contribution in [0.5, 0.6) is 5.88 Å². The molecule has 2 atom stereocenters. The molecule has 3 aromatic heterocycles. The summed E-state index contributed by atoms with van der Waals surface area (Å²) < 4.78 is 26.6. The number of nitrogens with zero attached hydrogens (tertiary/aromatic N) is 5. The maximum atomic E-state index is 13.4. The summed E-state index contributed by atoms with van der Waals surface area (Å²) in [5.41, 5.74) is 9.11. The molecule has 2 unspecified atom stereocenters. The van der Waals surface area contributed by atoms with Crippen molar-refractivity contribution in [2.75, 3.05) is 13.1 Å². The number of aromatic nitrogens is 4. The van der Waals surface area contributed by atoms with Crippen LogP contribution in [0.1, 0.15) is 29.9 Å². The normalized spacial score (nSPS) is 20.7. The van der Waals surface area contributed by atoms with Gasteiger partial charge in [0.25, 0.3) is 5.91 Å². The molecule has 9 nitrogen and oxygen atoms in total. The molecule has 0 radical (unpaired) electrons. The average molecular weight is 503 g/mol. The first-order chi connectivity index (χ1) is 17.7. The van der Waals surface area contributed by atoms with Crippen molar-refractivity contribution >= 4 is 5.91 Å². The summed E-state index contributed by atoms with van der Waals surface area (Å²) >= 11 is 0. The molecule has 1 amide bonds. The Balaban J connectivity index is 1.16. The van der Waals surface area contributed by atoms with Crippen molar-refractivity contribution in [2.45, 2.75) is 25.5 Å². The third-order valence-electron chi connectivity index (χ3n) is 7.10. The number of rotatable bonds is 6. The number of nitrogens with two attached hydrogens (primary N) is 1. The van der Waals surface area contributed by atoms with Gasteiger partial charge in [-0.1, -0.05) is 0 Å². The molecule has 1 aromatic carbocycles. The highest BCUT2D eigenvalue weighted by atomic mass is 19.1. The van der Waals surface area contributed by atoms with Crippen LogP contribution in [0.3, 0.4) is 0 Å². The van der Waals surface area contributed by atoms with Crippen LogP contribution in [0.25, 0.3) is 22.8 Å². The first kappa shape index (κ1) is 23.4. The lowest BCUT2D eigenvalue weighted by molar-refractivity contribution is 0.0740. The van der Waals surface area contributed by atoms with Crippen LogP contribution >= 0.6 is 0 Å². The van der Waals surface area contributed by atoms with Gasteiger partial charge in [0.05, 0.1) is 11.9 Å². The van der Waals surface area contributed by atoms with Crippen molar-refractivity contribution in [3.63, 3.8) is 0 Å². The maximum Gasteiger partial charge on any atom is 0.272 e. The zero-order chi connectivity index (χ0) is 25.9. The third kappa shape index (κ3) is 4.37. The summed E-state index contributed by atoms with van der Waals surface area (Å²) in [5.74, 6) is 0.934. The summed E-state index contributed by atoms with van der Waals surface area (Å²) in [6.45, 7) is 5.03. The predicted molar refractivity (Wildman–Crippen MR) is 133 cm³/mol. The maximum absolute atomic E-state index is 13.4. The molecule has 0 bridgehead atoms. The molecule has 1 saturated heterocycles. The van der Waals surface area contributed by atoms with E-state index in [1.54, 1.807) is 36.1 Å². The molecule has 4 heterocycles. The van der Waals surface area contributed by atoms with Gasteiger partial charge in [0.15, 0.2) is 0 Å². The molecule has 6 rings (SSSR count). The first-order valence-electron chi connectivity index (χ1n) is 12.1. The number of benzene rings is 1. The number of likely N-dealkylation sites (tertiary alicyclic amines) is 1. The highest BCUT2D eigenvalue weighted by Gasteiger charge is 2.59. The molecule has 37 heavy (non-hydrogen) atoms. The fraction of sp³-hybridized carbons (Fsp3) is 0.333. The lowest BCUT2D eigenvalue weighted by Gasteiger charge is -2.22. The van der Waals surface area contributed by atoms with Gasteiger partial charge in [0.2, 0.25) is 11.8 Å². The fourth-order valence-electron chi connectivity index (χ4n) is 4.94. The minimum Gasteiger partial charge on any atom is -0.474 e. The molecule has 1 aliphatic heterocycles. The summed E-state index contributed by atoms with van der Waals surface area (Å²) in [4.78, 5) is 23.8. The molecular formula is C27H27FN6O3. The summed E-state index contributed by atoms with van der Waals surface area (Å²) in [5, 5.41) is 4.36. The van der Waals surface area contributed by atoms with Crippen LogP contribution in [0.4, 0.5) is 4.39 Å². The van der Waals surface area contributed by atoms with Crippen LogP contribution in [-0.4, -0.2) is 49.7 Å². The van der Waals surface area contributed by atoms with Crippen LogP contribution in [0.15, 0.2) is 59.3 Å². The number of halogens is 1. The van der Waals surface area contributed by atoms with Gasteiger partial charge >= 0.3 is 0 Å². The minimum absolute atomic E-state index is 0.0248. The number of hydrogen-bond donors (Lipinski definition) is 1. The molecular weight excluding hydrogens is 475 g/mol. The molecule has 1 saturated carbocycles. The van der Waals surface area contributed by atoms with Gasteiger partial charge in [-0.2, -0.15) is 5.10 Å². The van der Waals surface area contributed by atoms with E-state index in [1.165, 1.54) is 18.4 Å². The minimum atomic E-state index is -0.606. The molecule has 2 aliphatic rings. The average Bonchev–Trinajstić information content (AvgIpc) is 3.36. The second kappa shape index (κ2) is 8.52. The highest BCUT2D eigenvalue weighted by molar-refractivity contribution is 5.93. The van der Waals surface area contributed by atoms with E-state index in [0.717, 1.165) is 11.1 Å². The van der Waals surface area contributed by atoms with Crippen molar-refractivity contribution in [3.8, 4) is 28.7 Å². The molecule has 10 heteroatoms. The van der Waals surface area contributed by atoms with Gasteiger partial charge in [-0.15, -0.1) is 0 Å². The van der Waals surface area contributed by atoms with E-state index in [1.807, 2.05) is 30.9 Å². The number of pyridine rings is 1. The van der Waals surface area contributed by atoms with Crippen molar-refractivity contribution < 1.29 is 18.3 Å². The predicted octanol–water partition coefficient (Wildman–Crippen LogP) is 3.62. The van der Waals surface area contributed by atoms with Gasteiger partial charge < -0.3 is 19.8 Å². The SMILES string of the molecule is Cn1nc(-c2ncco2)cc1C(=O)N1CC2C(C1)C2Oc1cc(C(C)(C)N)cc(-c2ccc(F)cc2)n1. The summed E-state index contributed by atoms with van der Waals surface area (Å²) in [6, 6.07) is 11.7. The molecule has 0 spiro atoms. The zero-order valence-electron chi connectivity index (χ0n) is 20.8. The van der Waals surface area contributed by atoms with Crippen molar-refractivity contribution in [1.82, 2.24) is 24.6 Å². The molecule has 2 fully saturated rings. The van der Waals surface area contributed by atoms with Gasteiger partial charge in [-0.05, 0) is 49.7 Å². The summed E-state index contributed by atoms with van der Waals surface area (Å²) in [7, 11) is 1.73. The first-order valence-corrected chi connectivity index (χ1v) is 12.1. The topological polar surface area (TPSA) is 112 Å². The lowest BCUT2D eigenvalue weighted by atomic mass is 9.95. The standard InChI is InChI=1S/C27H27FN6O3/c1-27(2,29)16-10-20(15-4-6-17(28)7-5-15)31-23(11-16)37-24-18-13-34(14-19(18)24)26(35)22-12-21(32-33(22)3)25-30-8-9-36-25/h4-12,18-19,24H,13-14,29H2,1-3H3. The number of ether oxygens (including phenoxy) is 1. The highest BCUT2D eigenvalue weighted by Crippen LogP contribution is 2.48. The van der Waals surface area contributed by atoms with E-state index in [4.69, 9.17) is 14.9 Å². The quantitative estimate of drug-likeness (QED) is 0.429. The Kier molecular flexibility index (Phi) is 5.38. The number of fused-ring (bicyclic) bond motifs is 1. The lowest BCUT2D eigenvalue weighted by Crippen LogP contribution is -2.34. The number of piperidine rings is 1. The van der Waals surface area contributed by atoms with Crippen molar-refractivity contribution in [1.29, 1.82) is 0 Å². The zero-order valence-corrected chi connectivity index (χ0v) is 20.8. The van der Waals surface area contributed by atoms with Crippen LogP contribution in [-0.2, 0) is 12.6 Å².